The molecule has 3 nitrogen and oxygen atoms in total. The summed E-state index contributed by atoms with van der Waals surface area (Å²) in [7, 11) is 1.96. The summed E-state index contributed by atoms with van der Waals surface area (Å²) in [5, 5.41) is 7.92. The van der Waals surface area contributed by atoms with Crippen molar-refractivity contribution in [2.45, 2.75) is 39.2 Å². The second-order valence-corrected chi connectivity index (χ2v) is 5.02. The van der Waals surface area contributed by atoms with E-state index in [1.54, 1.807) is 0 Å². The number of nitrogens with zero attached hydrogens (tertiary/aromatic N) is 2. The number of aromatic nitrogens is 2. The number of hydrogen-bond donors (Lipinski definition) is 1. The van der Waals surface area contributed by atoms with Gasteiger partial charge in [-0.3, -0.25) is 4.68 Å². The summed E-state index contributed by atoms with van der Waals surface area (Å²) in [5.74, 6) is 2.63. The Balaban J connectivity index is 1.98. The van der Waals surface area contributed by atoms with E-state index < -0.39 is 0 Å². The first kappa shape index (κ1) is 10.5. The lowest BCUT2D eigenvalue weighted by Gasteiger charge is -2.33. The summed E-state index contributed by atoms with van der Waals surface area (Å²) in [5.41, 5.74) is 0. The Bertz CT molecular complexity index is 318. The van der Waals surface area contributed by atoms with Crippen LogP contribution in [0.25, 0.3) is 0 Å². The van der Waals surface area contributed by atoms with Crippen LogP contribution in [-0.4, -0.2) is 15.8 Å². The van der Waals surface area contributed by atoms with Gasteiger partial charge in [0.05, 0.1) is 0 Å². The van der Waals surface area contributed by atoms with Crippen molar-refractivity contribution in [2.75, 3.05) is 5.32 Å². The van der Waals surface area contributed by atoms with Gasteiger partial charge in [0.1, 0.15) is 5.82 Å². The van der Waals surface area contributed by atoms with Gasteiger partial charge in [-0.15, -0.1) is 0 Å². The molecule has 3 heteroatoms. The van der Waals surface area contributed by atoms with Gasteiger partial charge in [-0.2, -0.15) is 5.10 Å². The molecule has 0 bridgehead atoms. The van der Waals surface area contributed by atoms with Crippen molar-refractivity contribution in [2.24, 2.45) is 18.9 Å². The minimum absolute atomic E-state index is 0.601. The lowest BCUT2D eigenvalue weighted by Crippen LogP contribution is -2.33. The lowest BCUT2D eigenvalue weighted by molar-refractivity contribution is 0.280. The molecule has 1 aromatic rings. The highest BCUT2D eigenvalue weighted by Crippen LogP contribution is 2.30. The van der Waals surface area contributed by atoms with Gasteiger partial charge in [-0.1, -0.05) is 20.3 Å². The SMILES string of the molecule is CC1CCC(C)C(Nc2ccn(C)n2)C1. The largest absolute Gasteiger partial charge is 0.366 e. The predicted octanol–water partition coefficient (Wildman–Crippen LogP) is 2.66. The molecule has 0 amide bonds. The van der Waals surface area contributed by atoms with Gasteiger partial charge in [-0.25, -0.2) is 0 Å². The summed E-state index contributed by atoms with van der Waals surface area (Å²) in [6, 6.07) is 2.65. The second kappa shape index (κ2) is 4.25. The first-order chi connectivity index (χ1) is 7.15. The van der Waals surface area contributed by atoms with Gasteiger partial charge in [0.25, 0.3) is 0 Å². The Morgan fingerprint density at radius 1 is 1.40 bits per heavy atom. The highest BCUT2D eigenvalue weighted by atomic mass is 15.3. The van der Waals surface area contributed by atoms with Crippen molar-refractivity contribution < 1.29 is 0 Å². The van der Waals surface area contributed by atoms with Gasteiger partial charge >= 0.3 is 0 Å². The maximum Gasteiger partial charge on any atom is 0.148 e. The van der Waals surface area contributed by atoms with Gasteiger partial charge in [0.15, 0.2) is 0 Å². The molecule has 2 rings (SSSR count). The van der Waals surface area contributed by atoms with Crippen LogP contribution in [0.2, 0.25) is 0 Å². The molecule has 0 aromatic carbocycles. The standard InChI is InChI=1S/C12H21N3/c1-9-4-5-10(2)11(8-9)13-12-6-7-15(3)14-12/h6-7,9-11H,4-5,8H2,1-3H3,(H,13,14). The van der Waals surface area contributed by atoms with Crippen LogP contribution >= 0.6 is 0 Å². The fourth-order valence-corrected chi connectivity index (χ4v) is 2.42. The van der Waals surface area contributed by atoms with E-state index in [0.717, 1.165) is 17.7 Å². The van der Waals surface area contributed by atoms with E-state index in [1.807, 2.05) is 24.0 Å². The molecule has 0 radical (unpaired) electrons. The number of nitrogens with one attached hydrogen (secondary N) is 1. The summed E-state index contributed by atoms with van der Waals surface area (Å²) < 4.78 is 1.85. The number of aryl methyl sites for hydroxylation is 1. The first-order valence-corrected chi connectivity index (χ1v) is 5.91. The second-order valence-electron chi connectivity index (χ2n) is 5.02. The Hall–Kier alpha value is -0.990. The van der Waals surface area contributed by atoms with Crippen LogP contribution in [0.3, 0.4) is 0 Å². The molecule has 0 saturated heterocycles. The molecule has 1 heterocycles. The molecule has 3 atom stereocenters. The van der Waals surface area contributed by atoms with Crippen LogP contribution < -0.4 is 5.32 Å². The zero-order chi connectivity index (χ0) is 10.8. The quantitative estimate of drug-likeness (QED) is 0.808. The summed E-state index contributed by atoms with van der Waals surface area (Å²) in [4.78, 5) is 0. The fraction of sp³-hybridized carbons (Fsp3) is 0.750. The third-order valence-electron chi connectivity index (χ3n) is 3.50. The third kappa shape index (κ3) is 2.52. The molecule has 1 saturated carbocycles. The molecular weight excluding hydrogens is 186 g/mol. The average molecular weight is 207 g/mol. The van der Waals surface area contributed by atoms with Crippen LogP contribution in [0.5, 0.6) is 0 Å². The Morgan fingerprint density at radius 2 is 2.20 bits per heavy atom. The number of hydrogen-bond acceptors (Lipinski definition) is 2. The van der Waals surface area contributed by atoms with E-state index >= 15 is 0 Å². The fourth-order valence-electron chi connectivity index (χ4n) is 2.42. The van der Waals surface area contributed by atoms with E-state index in [4.69, 9.17) is 0 Å². The summed E-state index contributed by atoms with van der Waals surface area (Å²) in [6.07, 6.45) is 5.98. The van der Waals surface area contributed by atoms with E-state index in [0.29, 0.717) is 6.04 Å². The van der Waals surface area contributed by atoms with Crippen LogP contribution in [0, 0.1) is 11.8 Å². The molecule has 0 spiro atoms. The molecule has 15 heavy (non-hydrogen) atoms. The smallest absolute Gasteiger partial charge is 0.148 e. The number of anilines is 1. The third-order valence-corrected chi connectivity index (χ3v) is 3.50. The van der Waals surface area contributed by atoms with Crippen LogP contribution in [0.15, 0.2) is 12.3 Å². The highest BCUT2D eigenvalue weighted by molar-refractivity contribution is 5.33. The Labute approximate surface area is 91.9 Å². The van der Waals surface area contributed by atoms with Crippen molar-refractivity contribution in [3.05, 3.63) is 12.3 Å². The molecule has 0 aliphatic heterocycles. The normalized spacial score (nSPS) is 31.5. The average Bonchev–Trinajstić information content (AvgIpc) is 2.58. The van der Waals surface area contributed by atoms with Crippen LogP contribution in [0.4, 0.5) is 5.82 Å². The van der Waals surface area contributed by atoms with E-state index in [9.17, 15) is 0 Å². The summed E-state index contributed by atoms with van der Waals surface area (Å²) >= 11 is 0. The zero-order valence-electron chi connectivity index (χ0n) is 9.90. The van der Waals surface area contributed by atoms with Crippen LogP contribution in [-0.2, 0) is 7.05 Å². The van der Waals surface area contributed by atoms with E-state index in [2.05, 4.69) is 24.3 Å². The molecule has 84 valence electrons. The van der Waals surface area contributed by atoms with Gasteiger partial charge in [0.2, 0.25) is 0 Å². The maximum absolute atomic E-state index is 4.37. The van der Waals surface area contributed by atoms with Crippen molar-refractivity contribution in [3.8, 4) is 0 Å². The monoisotopic (exact) mass is 207 g/mol. The molecule has 1 aliphatic rings. The van der Waals surface area contributed by atoms with Gasteiger partial charge in [0, 0.05) is 25.4 Å². The Kier molecular flexibility index (Phi) is 2.98. The molecule has 3 unspecified atom stereocenters. The zero-order valence-corrected chi connectivity index (χ0v) is 9.90. The lowest BCUT2D eigenvalue weighted by atomic mass is 9.80. The van der Waals surface area contributed by atoms with E-state index in [-0.39, 0.29) is 0 Å². The van der Waals surface area contributed by atoms with Crippen molar-refractivity contribution in [1.82, 2.24) is 9.78 Å². The minimum Gasteiger partial charge on any atom is -0.366 e. The topological polar surface area (TPSA) is 29.9 Å². The highest BCUT2D eigenvalue weighted by Gasteiger charge is 2.25. The molecule has 1 fully saturated rings. The molecule has 1 aliphatic carbocycles. The van der Waals surface area contributed by atoms with Crippen LogP contribution in [0.1, 0.15) is 33.1 Å². The minimum atomic E-state index is 0.601. The van der Waals surface area contributed by atoms with Gasteiger partial charge < -0.3 is 5.32 Å². The molecular formula is C12H21N3. The van der Waals surface area contributed by atoms with Crippen molar-refractivity contribution >= 4 is 5.82 Å². The molecule has 1 N–H and O–H groups in total. The van der Waals surface area contributed by atoms with E-state index in [1.165, 1.54) is 19.3 Å². The number of rotatable bonds is 2. The Morgan fingerprint density at radius 3 is 2.87 bits per heavy atom. The van der Waals surface area contributed by atoms with Crippen molar-refractivity contribution in [3.63, 3.8) is 0 Å². The van der Waals surface area contributed by atoms with Crippen molar-refractivity contribution in [1.29, 1.82) is 0 Å². The first-order valence-electron chi connectivity index (χ1n) is 5.91. The maximum atomic E-state index is 4.37. The summed E-state index contributed by atoms with van der Waals surface area (Å²) in [6.45, 7) is 4.69. The van der Waals surface area contributed by atoms with Gasteiger partial charge in [-0.05, 0) is 24.7 Å². The molecule has 1 aromatic heterocycles. The predicted molar refractivity (Wildman–Crippen MR) is 62.8 cm³/mol.